The molecule has 8 aromatic rings. The Morgan fingerprint density at radius 1 is 0.444 bits per heavy atom. The van der Waals surface area contributed by atoms with Gasteiger partial charge in [-0.25, -0.2) is 0 Å². The van der Waals surface area contributed by atoms with E-state index in [2.05, 4.69) is 186 Å². The number of hydrogen-bond acceptors (Lipinski definition) is 0. The molecule has 0 spiro atoms. The van der Waals surface area contributed by atoms with E-state index in [0.29, 0.717) is 11.8 Å². The Kier molecular flexibility index (Phi) is 12.2. The number of hydrogen-bond donors (Lipinski definition) is 0. The monoisotopic (exact) mass is 832 g/mol. The maximum Gasteiger partial charge on any atom is -1.00 e. The third-order valence-electron chi connectivity index (χ3n) is 10.6. The summed E-state index contributed by atoms with van der Waals surface area (Å²) in [5.74, 6) is 1.12. The molecular weight excluding hydrogens is 791 g/mol. The molecule has 2 aliphatic rings. The first kappa shape index (κ1) is 39.9. The zero-order valence-electron chi connectivity index (χ0n) is 31.8. The zero-order valence-corrected chi connectivity index (χ0v) is 36.7. The van der Waals surface area contributed by atoms with Crippen molar-refractivity contribution in [3.8, 4) is 22.3 Å². The van der Waals surface area contributed by atoms with Gasteiger partial charge in [0.2, 0.25) is 0 Å². The van der Waals surface area contributed by atoms with Gasteiger partial charge in [-0.1, -0.05) is 136 Å². The SMILES string of the molecule is CC(C)c1cc2c(-c3ccc4c5c(cccc35)C=C4)cccc2[cH-]1.CC(C)c1cc2c(-c3ccc4c5c(cccc35)C=C4)cccc2[cH-]1.C[Si](C)=[Zr+2].[Cl-].[Cl-]. The van der Waals surface area contributed by atoms with Crippen molar-refractivity contribution in [2.24, 2.45) is 0 Å². The molecule has 0 unspecified atom stereocenters. The van der Waals surface area contributed by atoms with Crippen LogP contribution in [0, 0.1) is 0 Å². The van der Waals surface area contributed by atoms with Crippen molar-refractivity contribution in [1.29, 1.82) is 0 Å². The Morgan fingerprint density at radius 2 is 0.778 bits per heavy atom. The molecule has 0 saturated heterocycles. The van der Waals surface area contributed by atoms with Crippen LogP contribution in [0.2, 0.25) is 13.1 Å². The largest absolute Gasteiger partial charge is 1.00 e. The molecule has 0 heterocycles. The average Bonchev–Trinajstić information content (AvgIpc) is 3.95. The average molecular weight is 835 g/mol. The fourth-order valence-corrected chi connectivity index (χ4v) is 7.96. The molecule has 0 N–H and O–H groups in total. The molecule has 0 fully saturated rings. The fourth-order valence-electron chi connectivity index (χ4n) is 7.96. The number of fused-ring (bicyclic) bond motifs is 2. The van der Waals surface area contributed by atoms with Gasteiger partial charge in [0, 0.05) is 0 Å². The Bertz CT molecular complexity index is 2520. The Labute approximate surface area is 347 Å². The molecular formula is C50H44Cl2SiZr-2. The predicted octanol–water partition coefficient (Wildman–Crippen LogP) is 8.76. The van der Waals surface area contributed by atoms with Gasteiger partial charge in [-0.15, -0.1) is 69.1 Å². The van der Waals surface area contributed by atoms with Crippen molar-refractivity contribution in [3.63, 3.8) is 0 Å². The second-order valence-electron chi connectivity index (χ2n) is 15.1. The molecule has 10 rings (SSSR count). The van der Waals surface area contributed by atoms with E-state index in [-0.39, 0.29) is 30.2 Å². The summed E-state index contributed by atoms with van der Waals surface area (Å²) >= 11 is 1.74. The third-order valence-corrected chi connectivity index (χ3v) is 10.6. The van der Waals surface area contributed by atoms with Crippen molar-refractivity contribution in [2.75, 3.05) is 0 Å². The van der Waals surface area contributed by atoms with Crippen molar-refractivity contribution < 1.29 is 48.1 Å². The van der Waals surface area contributed by atoms with Crippen LogP contribution in [0.1, 0.15) is 72.9 Å². The maximum atomic E-state index is 2.37. The Hall–Kier alpha value is -3.78. The number of halogens is 2. The van der Waals surface area contributed by atoms with Gasteiger partial charge < -0.3 is 24.8 Å². The molecule has 54 heavy (non-hydrogen) atoms. The summed E-state index contributed by atoms with van der Waals surface area (Å²) in [6.45, 7) is 13.7. The first-order valence-corrected chi connectivity index (χ1v) is 24.8. The second-order valence-corrected chi connectivity index (χ2v) is 24.5. The van der Waals surface area contributed by atoms with Gasteiger partial charge in [0.15, 0.2) is 0 Å². The van der Waals surface area contributed by atoms with Crippen LogP contribution in [0.5, 0.6) is 0 Å². The van der Waals surface area contributed by atoms with E-state index in [1.165, 1.54) is 98.7 Å². The van der Waals surface area contributed by atoms with Crippen molar-refractivity contribution >= 4 is 72.8 Å². The summed E-state index contributed by atoms with van der Waals surface area (Å²) < 4.78 is 0. The second kappa shape index (κ2) is 16.5. The number of benzene rings is 6. The van der Waals surface area contributed by atoms with E-state index in [9.17, 15) is 0 Å². The van der Waals surface area contributed by atoms with Crippen molar-refractivity contribution in [3.05, 3.63) is 155 Å². The van der Waals surface area contributed by atoms with Crippen LogP contribution < -0.4 is 24.8 Å². The van der Waals surface area contributed by atoms with Gasteiger partial charge in [-0.3, -0.25) is 0 Å². The van der Waals surface area contributed by atoms with Crippen LogP contribution in [-0.2, 0) is 23.3 Å². The molecule has 0 amide bonds. The van der Waals surface area contributed by atoms with E-state index in [1.807, 2.05) is 0 Å². The minimum absolute atomic E-state index is 0. The molecule has 0 nitrogen and oxygen atoms in total. The van der Waals surface area contributed by atoms with Gasteiger partial charge in [0.05, 0.1) is 0 Å². The smallest absolute Gasteiger partial charge is 1.00 e. The Balaban J connectivity index is 0.000000162. The quantitative estimate of drug-likeness (QED) is 0.123. The van der Waals surface area contributed by atoms with E-state index < -0.39 is 0 Å². The molecule has 0 radical (unpaired) electrons. The van der Waals surface area contributed by atoms with Crippen LogP contribution in [0.3, 0.4) is 0 Å². The molecule has 0 atom stereocenters. The summed E-state index contributed by atoms with van der Waals surface area (Å²) in [7, 11) is 0. The van der Waals surface area contributed by atoms with Gasteiger partial charge in [-0.2, -0.15) is 12.1 Å². The third kappa shape index (κ3) is 7.44. The predicted molar refractivity (Wildman–Crippen MR) is 228 cm³/mol. The minimum Gasteiger partial charge on any atom is -1.00 e. The first-order chi connectivity index (χ1) is 25.2. The van der Waals surface area contributed by atoms with Crippen LogP contribution >= 0.6 is 0 Å². The summed E-state index contributed by atoms with van der Waals surface area (Å²) in [4.78, 5) is 0. The summed E-state index contributed by atoms with van der Waals surface area (Å²) in [5.41, 5.74) is 13.8. The van der Waals surface area contributed by atoms with Crippen LogP contribution in [0.25, 0.3) is 89.6 Å². The molecule has 0 bridgehead atoms. The number of rotatable bonds is 4. The van der Waals surface area contributed by atoms with E-state index >= 15 is 0 Å². The van der Waals surface area contributed by atoms with Gasteiger partial charge >= 0.3 is 41.9 Å². The molecule has 268 valence electrons. The molecule has 0 saturated carbocycles. The molecule has 8 aromatic carbocycles. The topological polar surface area (TPSA) is 0 Å². The van der Waals surface area contributed by atoms with Gasteiger partial charge in [-0.05, 0) is 66.8 Å². The summed E-state index contributed by atoms with van der Waals surface area (Å²) in [6.07, 6.45) is 8.89. The van der Waals surface area contributed by atoms with E-state index in [4.69, 9.17) is 0 Å². The zero-order chi connectivity index (χ0) is 36.1. The normalized spacial score (nSPS) is 11.9. The fraction of sp³-hybridized carbons (Fsp3) is 0.160. The van der Waals surface area contributed by atoms with Gasteiger partial charge in [0.25, 0.3) is 0 Å². The van der Waals surface area contributed by atoms with Crippen molar-refractivity contribution in [1.82, 2.24) is 0 Å². The maximum absolute atomic E-state index is 2.37. The molecule has 0 aromatic heterocycles. The standard InChI is InChI=1S/2C24H19.C2H6Si.2ClH.Zr/c2*1-15(2)19-13-18-6-4-7-20(23(18)14-19)21-12-11-17-10-9-16-5-3-8-22(21)24(16)17;1-3-2;;;/h2*3-15H,1-2H3;1-2H3;2*1H;/q2*-1;;;;+2/p-2. The molecule has 4 heteroatoms. The van der Waals surface area contributed by atoms with E-state index in [0.717, 1.165) is 0 Å². The van der Waals surface area contributed by atoms with E-state index in [1.54, 1.807) is 23.3 Å². The summed E-state index contributed by atoms with van der Waals surface area (Å²) in [6, 6.07) is 45.1. The van der Waals surface area contributed by atoms with Crippen LogP contribution in [0.4, 0.5) is 0 Å². The van der Waals surface area contributed by atoms with Crippen molar-refractivity contribution in [2.45, 2.75) is 52.6 Å². The summed E-state index contributed by atoms with van der Waals surface area (Å²) in [5, 5.41) is 10.9. The van der Waals surface area contributed by atoms with Crippen LogP contribution in [-0.4, -0.2) is 5.43 Å². The van der Waals surface area contributed by atoms with Crippen LogP contribution in [0.15, 0.2) is 121 Å². The first-order valence-electron chi connectivity index (χ1n) is 18.6. The molecule has 2 aliphatic carbocycles. The Morgan fingerprint density at radius 3 is 1.15 bits per heavy atom. The molecule has 0 aliphatic heterocycles. The minimum atomic E-state index is 0. The van der Waals surface area contributed by atoms with Gasteiger partial charge in [0.1, 0.15) is 0 Å².